The van der Waals surface area contributed by atoms with Gasteiger partial charge in [-0.05, 0) is 42.5 Å². The number of aliphatic hydroxyl groups excluding tert-OH is 1. The van der Waals surface area contributed by atoms with Crippen LogP contribution >= 0.6 is 0 Å². The minimum absolute atomic E-state index is 0.158. The fourth-order valence-corrected chi connectivity index (χ4v) is 2.41. The summed E-state index contributed by atoms with van der Waals surface area (Å²) in [6.45, 7) is 6.48. The standard InChI is InChI=1S/C17H24FN3O2/c1-17(2,3)16(22)15(21-12-19-11-20-21)5-4-10-23-14-8-6-13(18)7-9-14/h6-9,11-12,15-16,22H,4-5,10H2,1-3H3. The highest BCUT2D eigenvalue weighted by Gasteiger charge is 2.31. The van der Waals surface area contributed by atoms with Crippen molar-refractivity contribution in [1.82, 2.24) is 14.8 Å². The summed E-state index contributed by atoms with van der Waals surface area (Å²) in [5, 5.41) is 14.8. The Balaban J connectivity index is 1.90. The van der Waals surface area contributed by atoms with Crippen molar-refractivity contribution in [2.75, 3.05) is 6.61 Å². The van der Waals surface area contributed by atoms with E-state index in [9.17, 15) is 9.50 Å². The topological polar surface area (TPSA) is 60.2 Å². The minimum Gasteiger partial charge on any atom is -0.494 e. The number of hydrogen-bond acceptors (Lipinski definition) is 4. The molecule has 0 saturated carbocycles. The Hall–Kier alpha value is -1.95. The Morgan fingerprint density at radius 3 is 2.52 bits per heavy atom. The van der Waals surface area contributed by atoms with Crippen LogP contribution in [-0.4, -0.2) is 32.6 Å². The lowest BCUT2D eigenvalue weighted by Crippen LogP contribution is -2.36. The summed E-state index contributed by atoms with van der Waals surface area (Å²) >= 11 is 0. The molecule has 5 nitrogen and oxygen atoms in total. The predicted molar refractivity (Wildman–Crippen MR) is 85.6 cm³/mol. The van der Waals surface area contributed by atoms with Gasteiger partial charge >= 0.3 is 0 Å². The fourth-order valence-electron chi connectivity index (χ4n) is 2.41. The Bertz CT molecular complexity index is 579. The quantitative estimate of drug-likeness (QED) is 0.796. The molecule has 2 aromatic rings. The predicted octanol–water partition coefficient (Wildman–Crippen LogP) is 3.22. The van der Waals surface area contributed by atoms with E-state index in [-0.39, 0.29) is 17.3 Å². The van der Waals surface area contributed by atoms with Crippen LogP contribution in [0.25, 0.3) is 0 Å². The Kier molecular flexibility index (Phi) is 5.71. The van der Waals surface area contributed by atoms with Gasteiger partial charge in [0.1, 0.15) is 24.2 Å². The van der Waals surface area contributed by atoms with E-state index in [1.807, 2.05) is 20.8 Å². The number of ether oxygens (including phenoxy) is 1. The molecule has 0 amide bonds. The van der Waals surface area contributed by atoms with Crippen molar-refractivity contribution < 1.29 is 14.2 Å². The average Bonchev–Trinajstić information content (AvgIpc) is 3.01. The molecular formula is C17H24FN3O2. The van der Waals surface area contributed by atoms with Gasteiger partial charge in [-0.25, -0.2) is 14.1 Å². The van der Waals surface area contributed by atoms with Crippen molar-refractivity contribution in [2.45, 2.75) is 45.8 Å². The van der Waals surface area contributed by atoms with E-state index in [2.05, 4.69) is 10.1 Å². The van der Waals surface area contributed by atoms with E-state index in [0.29, 0.717) is 18.8 Å². The summed E-state index contributed by atoms with van der Waals surface area (Å²) in [5.74, 6) is 0.358. The summed E-state index contributed by atoms with van der Waals surface area (Å²) in [5.41, 5.74) is -0.256. The maximum atomic E-state index is 12.8. The van der Waals surface area contributed by atoms with Gasteiger partial charge in [0.2, 0.25) is 0 Å². The molecule has 0 radical (unpaired) electrons. The number of rotatable bonds is 7. The van der Waals surface area contributed by atoms with Gasteiger partial charge in [0.15, 0.2) is 0 Å². The lowest BCUT2D eigenvalue weighted by atomic mass is 9.83. The van der Waals surface area contributed by atoms with Crippen LogP contribution in [0.15, 0.2) is 36.9 Å². The van der Waals surface area contributed by atoms with Crippen molar-refractivity contribution >= 4 is 0 Å². The molecule has 1 aromatic heterocycles. The van der Waals surface area contributed by atoms with Crippen molar-refractivity contribution in [1.29, 1.82) is 0 Å². The number of aliphatic hydroxyl groups is 1. The molecule has 1 heterocycles. The van der Waals surface area contributed by atoms with Crippen molar-refractivity contribution in [3.8, 4) is 5.75 Å². The molecule has 0 spiro atoms. The SMILES string of the molecule is CC(C)(C)C(O)C(CCCOc1ccc(F)cc1)n1cncn1. The second-order valence-corrected chi connectivity index (χ2v) is 6.70. The molecule has 2 atom stereocenters. The minimum atomic E-state index is -0.546. The van der Waals surface area contributed by atoms with Crippen LogP contribution in [0.2, 0.25) is 0 Å². The van der Waals surface area contributed by atoms with Crippen molar-refractivity contribution in [3.05, 3.63) is 42.7 Å². The van der Waals surface area contributed by atoms with Crippen LogP contribution in [-0.2, 0) is 0 Å². The molecule has 0 aliphatic carbocycles. The van der Waals surface area contributed by atoms with E-state index < -0.39 is 6.10 Å². The van der Waals surface area contributed by atoms with Crippen molar-refractivity contribution in [2.24, 2.45) is 5.41 Å². The number of aromatic nitrogens is 3. The van der Waals surface area contributed by atoms with Gasteiger partial charge < -0.3 is 9.84 Å². The monoisotopic (exact) mass is 321 g/mol. The zero-order chi connectivity index (χ0) is 16.9. The lowest BCUT2D eigenvalue weighted by Gasteiger charge is -2.33. The Labute approximate surface area is 136 Å². The molecule has 2 rings (SSSR count). The molecule has 2 unspecified atom stereocenters. The van der Waals surface area contributed by atoms with E-state index in [4.69, 9.17) is 4.74 Å². The van der Waals surface area contributed by atoms with Crippen LogP contribution in [0.5, 0.6) is 5.75 Å². The van der Waals surface area contributed by atoms with Crippen LogP contribution < -0.4 is 4.74 Å². The molecule has 6 heteroatoms. The second-order valence-electron chi connectivity index (χ2n) is 6.70. The number of nitrogens with zero attached hydrogens (tertiary/aromatic N) is 3. The molecule has 0 aliphatic rings. The maximum absolute atomic E-state index is 12.8. The van der Waals surface area contributed by atoms with E-state index in [0.717, 1.165) is 6.42 Å². The van der Waals surface area contributed by atoms with E-state index in [1.165, 1.54) is 18.5 Å². The Morgan fingerprint density at radius 1 is 1.26 bits per heavy atom. The zero-order valence-corrected chi connectivity index (χ0v) is 13.8. The van der Waals surface area contributed by atoms with Crippen LogP contribution in [0.1, 0.15) is 39.7 Å². The normalized spacial score (nSPS) is 14.5. The highest BCUT2D eigenvalue weighted by Crippen LogP contribution is 2.30. The zero-order valence-electron chi connectivity index (χ0n) is 13.8. The van der Waals surface area contributed by atoms with Crippen molar-refractivity contribution in [3.63, 3.8) is 0 Å². The highest BCUT2D eigenvalue weighted by molar-refractivity contribution is 5.21. The third-order valence-electron chi connectivity index (χ3n) is 3.75. The maximum Gasteiger partial charge on any atom is 0.137 e. The second kappa shape index (κ2) is 7.55. The first-order chi connectivity index (χ1) is 10.9. The van der Waals surface area contributed by atoms with Gasteiger partial charge in [-0.15, -0.1) is 0 Å². The first kappa shape index (κ1) is 17.4. The van der Waals surface area contributed by atoms with E-state index in [1.54, 1.807) is 23.1 Å². The highest BCUT2D eigenvalue weighted by atomic mass is 19.1. The van der Waals surface area contributed by atoms with Gasteiger partial charge in [-0.2, -0.15) is 5.10 Å². The molecule has 0 bridgehead atoms. The summed E-state index contributed by atoms with van der Waals surface area (Å²) in [4.78, 5) is 3.97. The summed E-state index contributed by atoms with van der Waals surface area (Å²) in [6.07, 6.45) is 4.01. The lowest BCUT2D eigenvalue weighted by molar-refractivity contribution is 0.00759. The smallest absolute Gasteiger partial charge is 0.137 e. The first-order valence-electron chi connectivity index (χ1n) is 7.78. The summed E-state index contributed by atoms with van der Waals surface area (Å²) < 4.78 is 20.1. The fraction of sp³-hybridized carbons (Fsp3) is 0.529. The summed E-state index contributed by atoms with van der Waals surface area (Å²) in [6, 6.07) is 5.80. The van der Waals surface area contributed by atoms with Gasteiger partial charge in [0.05, 0.1) is 18.8 Å². The molecular weight excluding hydrogens is 297 g/mol. The van der Waals surface area contributed by atoms with Crippen LogP contribution in [0.3, 0.4) is 0 Å². The third kappa shape index (κ3) is 5.03. The van der Waals surface area contributed by atoms with Crippen LogP contribution in [0, 0.1) is 11.2 Å². The molecule has 23 heavy (non-hydrogen) atoms. The van der Waals surface area contributed by atoms with Gasteiger partial charge in [-0.1, -0.05) is 20.8 Å². The molecule has 0 saturated heterocycles. The average molecular weight is 321 g/mol. The van der Waals surface area contributed by atoms with Gasteiger partial charge in [-0.3, -0.25) is 0 Å². The van der Waals surface area contributed by atoms with Gasteiger partial charge in [0.25, 0.3) is 0 Å². The third-order valence-corrected chi connectivity index (χ3v) is 3.75. The number of hydrogen-bond donors (Lipinski definition) is 1. The largest absolute Gasteiger partial charge is 0.494 e. The number of benzene rings is 1. The molecule has 1 aromatic carbocycles. The van der Waals surface area contributed by atoms with Crippen LogP contribution in [0.4, 0.5) is 4.39 Å². The molecule has 126 valence electrons. The number of halogens is 1. The Morgan fingerprint density at radius 2 is 1.96 bits per heavy atom. The molecule has 1 N–H and O–H groups in total. The first-order valence-corrected chi connectivity index (χ1v) is 7.78. The summed E-state index contributed by atoms with van der Waals surface area (Å²) in [7, 11) is 0. The van der Waals surface area contributed by atoms with E-state index >= 15 is 0 Å². The van der Waals surface area contributed by atoms with Gasteiger partial charge in [0, 0.05) is 0 Å². The molecule has 0 aliphatic heterocycles. The molecule has 0 fully saturated rings.